The van der Waals surface area contributed by atoms with Crippen LogP contribution in [0.15, 0.2) is 23.1 Å². The summed E-state index contributed by atoms with van der Waals surface area (Å²) >= 11 is 6.72. The number of carbonyl (C=O) groups excluding carboxylic acids is 1. The minimum Gasteiger partial charge on any atom is -0.691 e. The number of halogens is 2. The summed E-state index contributed by atoms with van der Waals surface area (Å²) < 4.78 is 32.5. The van der Waals surface area contributed by atoms with E-state index in [0.717, 1.165) is 0 Å². The first-order valence-corrected chi connectivity index (χ1v) is 10.6. The second kappa shape index (κ2) is 12.9. The molecule has 13 heteroatoms. The van der Waals surface area contributed by atoms with E-state index in [-0.39, 0.29) is 64.4 Å². The molecular weight excluding hydrogens is 505 g/mol. The van der Waals surface area contributed by atoms with Gasteiger partial charge in [0.25, 0.3) is 0 Å². The Labute approximate surface area is 182 Å². The van der Waals surface area contributed by atoms with Gasteiger partial charge >= 0.3 is 39.7 Å². The number of hydrogen-bond acceptors (Lipinski definition) is 8. The predicted octanol–water partition coefficient (Wildman–Crippen LogP) is -1.25. The van der Waals surface area contributed by atoms with Crippen LogP contribution in [0.2, 0.25) is 0 Å². The molecular formula is C11H12Br2NNaO7S2. The van der Waals surface area contributed by atoms with Gasteiger partial charge in [-0.25, -0.2) is 0 Å². The molecule has 1 aromatic carbocycles. The molecule has 0 fully saturated rings. The zero-order valence-corrected chi connectivity index (χ0v) is 19.3. The number of carbonyl (C=O) groups is 1. The van der Waals surface area contributed by atoms with Crippen LogP contribution in [0, 0.1) is 0 Å². The van der Waals surface area contributed by atoms with Crippen LogP contribution in [0.4, 0.5) is 5.69 Å². The van der Waals surface area contributed by atoms with Crippen molar-refractivity contribution in [1.82, 2.24) is 0 Å². The molecule has 1 aromatic rings. The van der Waals surface area contributed by atoms with Gasteiger partial charge in [-0.05, 0) is 12.1 Å². The molecule has 0 saturated heterocycles. The summed E-state index contributed by atoms with van der Waals surface area (Å²) in [7, 11) is -3.75. The number of anilines is 1. The first-order chi connectivity index (χ1) is 10.9. The number of rotatable bonds is 10. The van der Waals surface area contributed by atoms with Gasteiger partial charge in [0.2, 0.25) is 5.91 Å². The zero-order chi connectivity index (χ0) is 17.3. The van der Waals surface area contributed by atoms with Gasteiger partial charge in [-0.2, -0.15) is 12.8 Å². The summed E-state index contributed by atoms with van der Waals surface area (Å²) in [5.74, 6) is -0.498. The van der Waals surface area contributed by atoms with E-state index in [1.165, 1.54) is 18.2 Å². The summed E-state index contributed by atoms with van der Waals surface area (Å²) in [5.41, 5.74) is 0.226. The number of alkyl halides is 2. The molecule has 0 aromatic heterocycles. The van der Waals surface area contributed by atoms with Crippen LogP contribution in [-0.4, -0.2) is 30.7 Å². The van der Waals surface area contributed by atoms with E-state index in [9.17, 15) is 18.5 Å². The molecule has 0 atom stereocenters. The van der Waals surface area contributed by atoms with Crippen LogP contribution in [-0.2, 0) is 24.3 Å². The zero-order valence-electron chi connectivity index (χ0n) is 12.5. The van der Waals surface area contributed by atoms with Crippen molar-refractivity contribution in [3.63, 3.8) is 0 Å². The van der Waals surface area contributed by atoms with Gasteiger partial charge in [-0.3, -0.25) is 9.83 Å². The molecule has 1 amide bonds. The molecule has 8 nitrogen and oxygen atoms in total. The first-order valence-electron chi connectivity index (χ1n) is 6.03. The van der Waals surface area contributed by atoms with Crippen LogP contribution in [0.3, 0.4) is 0 Å². The molecule has 0 unspecified atom stereocenters. The number of hydrogen-bond donors (Lipinski definition) is 1. The van der Waals surface area contributed by atoms with Crippen molar-refractivity contribution in [2.45, 2.75) is 11.3 Å². The molecule has 0 spiro atoms. The fraction of sp³-hybridized carbons (Fsp3) is 0.364. The molecule has 0 aliphatic heterocycles. The van der Waals surface area contributed by atoms with Gasteiger partial charge in [-0.1, -0.05) is 31.9 Å². The average molecular weight is 517 g/mol. The molecule has 0 bridgehead atoms. The van der Waals surface area contributed by atoms with Crippen molar-refractivity contribution in [1.29, 1.82) is 0 Å². The smallest absolute Gasteiger partial charge is 0.691 e. The maximum absolute atomic E-state index is 11.7. The fourth-order valence-electron chi connectivity index (χ4n) is 1.36. The minimum absolute atomic E-state index is 0. The van der Waals surface area contributed by atoms with Gasteiger partial charge < -0.3 is 14.8 Å². The number of nitrogens with one attached hydrogen (secondary N) is 1. The summed E-state index contributed by atoms with van der Waals surface area (Å²) in [5, 5.41) is 16.4. The van der Waals surface area contributed by atoms with E-state index in [2.05, 4.69) is 46.5 Å². The Kier molecular flexibility index (Phi) is 13.2. The van der Waals surface area contributed by atoms with Crippen LogP contribution >= 0.6 is 43.9 Å². The Morgan fingerprint density at radius 2 is 2.00 bits per heavy atom. The second-order valence-corrected chi connectivity index (χ2v) is 7.92. The van der Waals surface area contributed by atoms with Crippen molar-refractivity contribution in [3.8, 4) is 5.75 Å². The Balaban J connectivity index is 0.00000529. The van der Waals surface area contributed by atoms with Crippen LogP contribution in [0.25, 0.3) is 0 Å². The molecule has 1 N–H and O–H groups in total. The van der Waals surface area contributed by atoms with E-state index >= 15 is 0 Å². The average Bonchev–Trinajstić information content (AvgIpc) is 2.46. The van der Waals surface area contributed by atoms with Crippen LogP contribution in [0.5, 0.6) is 5.75 Å². The van der Waals surface area contributed by atoms with E-state index in [0.29, 0.717) is 22.3 Å². The monoisotopic (exact) mass is 515 g/mol. The standard InChI is InChI=1S/C11H13Br2NO7S2.Na/c12-4-3-11(15)14-9-7-8(19-23(17,18)6-5-13)1-2-10(9)22-21-20-16;/h1-2,7,16H,3-6H2,(H,14,15);/q;+1/p-1. The van der Waals surface area contributed by atoms with E-state index in [1.54, 1.807) is 0 Å². The normalized spacial score (nSPS) is 10.8. The molecule has 0 aliphatic carbocycles. The number of benzene rings is 1. The third-order valence-electron chi connectivity index (χ3n) is 2.25. The third-order valence-corrected chi connectivity index (χ3v) is 5.38. The summed E-state index contributed by atoms with van der Waals surface area (Å²) in [6.45, 7) is 0. The van der Waals surface area contributed by atoms with E-state index < -0.39 is 10.1 Å². The van der Waals surface area contributed by atoms with Crippen molar-refractivity contribution in [2.24, 2.45) is 0 Å². The Bertz CT molecular complexity index is 633. The van der Waals surface area contributed by atoms with Crippen molar-refractivity contribution < 1.29 is 61.6 Å². The van der Waals surface area contributed by atoms with Gasteiger partial charge in [0.1, 0.15) is 5.75 Å². The molecule has 24 heavy (non-hydrogen) atoms. The summed E-state index contributed by atoms with van der Waals surface area (Å²) in [4.78, 5) is 12.0. The van der Waals surface area contributed by atoms with E-state index in [4.69, 9.17) is 4.18 Å². The quantitative estimate of drug-likeness (QED) is 0.102. The summed E-state index contributed by atoms with van der Waals surface area (Å²) in [6, 6.07) is 4.10. The largest absolute Gasteiger partial charge is 1.00 e. The molecule has 0 saturated carbocycles. The van der Waals surface area contributed by atoms with Gasteiger partial charge in [-0.15, -0.1) is 0 Å². The van der Waals surface area contributed by atoms with Crippen molar-refractivity contribution in [3.05, 3.63) is 18.2 Å². The molecule has 1 rings (SSSR count). The SMILES string of the molecule is O=C(CCBr)Nc1cc(OS(=O)(=O)CCBr)ccc1SOO[O-].[Na+]. The van der Waals surface area contributed by atoms with Gasteiger partial charge in [0.05, 0.1) is 28.4 Å². The number of amides is 1. The molecule has 0 radical (unpaired) electrons. The maximum Gasteiger partial charge on any atom is 1.00 e. The van der Waals surface area contributed by atoms with Crippen molar-refractivity contribution in [2.75, 3.05) is 21.7 Å². The Hall–Kier alpha value is 0.630. The minimum atomic E-state index is -3.75. The van der Waals surface area contributed by atoms with E-state index in [1.807, 2.05) is 0 Å². The second-order valence-electron chi connectivity index (χ2n) is 3.90. The first kappa shape index (κ1) is 24.6. The Morgan fingerprint density at radius 3 is 2.58 bits per heavy atom. The van der Waals surface area contributed by atoms with Crippen molar-refractivity contribution >= 4 is 65.6 Å². The maximum atomic E-state index is 11.7. The Morgan fingerprint density at radius 1 is 1.29 bits per heavy atom. The topological polar surface area (TPSA) is 114 Å². The fourth-order valence-corrected chi connectivity index (χ4v) is 4.01. The predicted molar refractivity (Wildman–Crippen MR) is 89.7 cm³/mol. The molecule has 0 heterocycles. The van der Waals surface area contributed by atoms with Crippen LogP contribution in [0.1, 0.15) is 6.42 Å². The third kappa shape index (κ3) is 9.36. The van der Waals surface area contributed by atoms with Gasteiger partial charge in [0, 0.05) is 23.1 Å². The van der Waals surface area contributed by atoms with Gasteiger partial charge in [0.15, 0.2) is 0 Å². The molecule has 0 aliphatic rings. The summed E-state index contributed by atoms with van der Waals surface area (Å²) in [6.07, 6.45) is 0.204. The molecule has 130 valence electrons. The van der Waals surface area contributed by atoms with Crippen LogP contribution < -0.4 is 44.3 Å².